The van der Waals surface area contributed by atoms with Crippen LogP contribution in [0.5, 0.6) is 0 Å². The van der Waals surface area contributed by atoms with Crippen molar-refractivity contribution in [1.82, 2.24) is 19.4 Å². The molecule has 2 saturated heterocycles. The summed E-state index contributed by atoms with van der Waals surface area (Å²) >= 11 is 0. The fourth-order valence-electron chi connectivity index (χ4n) is 4.20. The molecule has 0 radical (unpaired) electrons. The summed E-state index contributed by atoms with van der Waals surface area (Å²) in [7, 11) is -3.75. The van der Waals surface area contributed by atoms with Gasteiger partial charge in [0.25, 0.3) is 0 Å². The molecule has 0 bridgehead atoms. The number of benzene rings is 1. The average molecular weight is 437 g/mol. The monoisotopic (exact) mass is 436 g/mol. The number of sulfonamides is 1. The van der Waals surface area contributed by atoms with Crippen molar-refractivity contribution in [3.63, 3.8) is 0 Å². The summed E-state index contributed by atoms with van der Waals surface area (Å²) in [6.07, 6.45) is 3.52. The molecule has 1 N–H and O–H groups in total. The lowest BCUT2D eigenvalue weighted by Crippen LogP contribution is -2.51. The maximum Gasteiger partial charge on any atom is 0.243 e. The standard InChI is InChI=1S/C22H36N4O3S/c1-18-7-8-21(16-19(18)2)30(28,29)26(15-14-24-11-5-4-6-20(24)3)17-22(27)25-12-9-23-10-13-25/h7-8,16,20,23H,4-6,9-15,17H2,1-3H3. The van der Waals surface area contributed by atoms with Crippen LogP contribution in [0.25, 0.3) is 0 Å². The fourth-order valence-corrected chi connectivity index (χ4v) is 5.67. The van der Waals surface area contributed by atoms with Crippen molar-refractivity contribution in [3.8, 4) is 0 Å². The van der Waals surface area contributed by atoms with Gasteiger partial charge in [0.1, 0.15) is 0 Å². The van der Waals surface area contributed by atoms with E-state index in [9.17, 15) is 13.2 Å². The average Bonchev–Trinajstić information content (AvgIpc) is 2.74. The normalized spacial score (nSPS) is 21.2. The molecule has 30 heavy (non-hydrogen) atoms. The number of hydrogen-bond acceptors (Lipinski definition) is 5. The van der Waals surface area contributed by atoms with E-state index in [1.54, 1.807) is 17.0 Å². The molecular formula is C22H36N4O3S. The van der Waals surface area contributed by atoms with E-state index in [-0.39, 0.29) is 17.3 Å². The summed E-state index contributed by atoms with van der Waals surface area (Å²) in [6.45, 7) is 10.7. The van der Waals surface area contributed by atoms with Gasteiger partial charge in [-0.2, -0.15) is 4.31 Å². The Bertz CT molecular complexity index is 837. The molecule has 8 heteroatoms. The topological polar surface area (TPSA) is 73.0 Å². The van der Waals surface area contributed by atoms with Crippen LogP contribution in [0.1, 0.15) is 37.3 Å². The van der Waals surface area contributed by atoms with Gasteiger partial charge in [-0.25, -0.2) is 8.42 Å². The van der Waals surface area contributed by atoms with Crippen LogP contribution in [0.15, 0.2) is 23.1 Å². The Labute approximate surface area is 181 Å². The van der Waals surface area contributed by atoms with Crippen LogP contribution in [0.2, 0.25) is 0 Å². The number of carbonyl (C=O) groups excluding carboxylic acids is 1. The highest BCUT2D eigenvalue weighted by Crippen LogP contribution is 2.21. The van der Waals surface area contributed by atoms with E-state index in [0.717, 1.165) is 43.6 Å². The van der Waals surface area contributed by atoms with E-state index >= 15 is 0 Å². The summed E-state index contributed by atoms with van der Waals surface area (Å²) in [4.78, 5) is 17.3. The number of likely N-dealkylation sites (tertiary alicyclic amines) is 1. The Morgan fingerprint density at radius 2 is 1.87 bits per heavy atom. The number of hydrogen-bond donors (Lipinski definition) is 1. The molecule has 0 aromatic heterocycles. The number of rotatable bonds is 7. The highest BCUT2D eigenvalue weighted by Gasteiger charge is 2.30. The van der Waals surface area contributed by atoms with Crippen molar-refractivity contribution < 1.29 is 13.2 Å². The summed E-state index contributed by atoms with van der Waals surface area (Å²) in [6, 6.07) is 5.67. The van der Waals surface area contributed by atoms with Gasteiger partial charge >= 0.3 is 0 Å². The molecule has 1 aromatic rings. The molecule has 2 heterocycles. The number of piperazine rings is 1. The third-order valence-electron chi connectivity index (χ3n) is 6.47. The molecule has 1 unspecified atom stereocenters. The summed E-state index contributed by atoms with van der Waals surface area (Å²) in [5.41, 5.74) is 1.99. The van der Waals surface area contributed by atoms with Gasteiger partial charge < -0.3 is 10.2 Å². The van der Waals surface area contributed by atoms with Gasteiger partial charge in [-0.15, -0.1) is 0 Å². The zero-order chi connectivity index (χ0) is 21.7. The molecule has 0 saturated carbocycles. The number of amides is 1. The maximum absolute atomic E-state index is 13.5. The molecule has 3 rings (SSSR count). The first-order chi connectivity index (χ1) is 14.3. The Hall–Kier alpha value is -1.48. The number of carbonyl (C=O) groups is 1. The first-order valence-corrected chi connectivity index (χ1v) is 12.5. The molecule has 0 spiro atoms. The third kappa shape index (κ3) is 5.60. The number of nitrogens with one attached hydrogen (secondary N) is 1. The Kier molecular flexibility index (Phi) is 7.90. The van der Waals surface area contributed by atoms with Gasteiger partial charge in [0.15, 0.2) is 0 Å². The lowest BCUT2D eigenvalue weighted by Gasteiger charge is -2.35. The fraction of sp³-hybridized carbons (Fsp3) is 0.682. The van der Waals surface area contributed by atoms with Gasteiger partial charge in [0.2, 0.25) is 15.9 Å². The second-order valence-corrected chi connectivity index (χ2v) is 10.5. The summed E-state index contributed by atoms with van der Waals surface area (Å²) < 4.78 is 28.4. The van der Waals surface area contributed by atoms with E-state index in [0.29, 0.717) is 32.2 Å². The van der Waals surface area contributed by atoms with Crippen LogP contribution in [0.3, 0.4) is 0 Å². The lowest BCUT2D eigenvalue weighted by molar-refractivity contribution is -0.132. The summed E-state index contributed by atoms with van der Waals surface area (Å²) in [5.74, 6) is -0.115. The molecule has 168 valence electrons. The smallest absolute Gasteiger partial charge is 0.243 e. The number of piperidine rings is 1. The minimum absolute atomic E-state index is 0.0997. The quantitative estimate of drug-likeness (QED) is 0.703. The zero-order valence-corrected chi connectivity index (χ0v) is 19.4. The Morgan fingerprint density at radius 1 is 1.13 bits per heavy atom. The predicted molar refractivity (Wildman–Crippen MR) is 119 cm³/mol. The molecule has 1 amide bonds. The maximum atomic E-state index is 13.5. The molecule has 2 aliphatic heterocycles. The zero-order valence-electron chi connectivity index (χ0n) is 18.6. The first kappa shape index (κ1) is 23.2. The van der Waals surface area contributed by atoms with Gasteiger partial charge in [-0.1, -0.05) is 12.5 Å². The van der Waals surface area contributed by atoms with E-state index in [1.165, 1.54) is 10.7 Å². The minimum Gasteiger partial charge on any atom is -0.339 e. The first-order valence-electron chi connectivity index (χ1n) is 11.1. The van der Waals surface area contributed by atoms with Crippen LogP contribution in [-0.2, 0) is 14.8 Å². The SMILES string of the molecule is Cc1ccc(S(=O)(=O)N(CCN2CCCCC2C)CC(=O)N2CCNCC2)cc1C. The molecule has 2 fully saturated rings. The molecule has 2 aliphatic rings. The van der Waals surface area contributed by atoms with Gasteiger partial charge in [-0.3, -0.25) is 9.69 Å². The van der Waals surface area contributed by atoms with Crippen LogP contribution in [0.4, 0.5) is 0 Å². The minimum atomic E-state index is -3.75. The molecule has 1 atom stereocenters. The molecule has 1 aromatic carbocycles. The van der Waals surface area contributed by atoms with E-state index in [4.69, 9.17) is 0 Å². The van der Waals surface area contributed by atoms with Crippen molar-refractivity contribution in [1.29, 1.82) is 0 Å². The Morgan fingerprint density at radius 3 is 2.53 bits per heavy atom. The van der Waals surface area contributed by atoms with Crippen LogP contribution >= 0.6 is 0 Å². The summed E-state index contributed by atoms with van der Waals surface area (Å²) in [5, 5.41) is 3.23. The highest BCUT2D eigenvalue weighted by molar-refractivity contribution is 7.89. The van der Waals surface area contributed by atoms with Crippen molar-refractivity contribution in [2.45, 2.75) is 51.0 Å². The van der Waals surface area contributed by atoms with Gasteiger partial charge in [0, 0.05) is 45.3 Å². The van der Waals surface area contributed by atoms with Crippen LogP contribution in [-0.4, -0.2) is 86.8 Å². The van der Waals surface area contributed by atoms with Crippen molar-refractivity contribution in [2.24, 2.45) is 0 Å². The Balaban J connectivity index is 1.79. The van der Waals surface area contributed by atoms with Crippen molar-refractivity contribution >= 4 is 15.9 Å². The van der Waals surface area contributed by atoms with Crippen LogP contribution < -0.4 is 5.32 Å². The van der Waals surface area contributed by atoms with Gasteiger partial charge in [-0.05, 0) is 63.4 Å². The molecule has 0 aliphatic carbocycles. The van der Waals surface area contributed by atoms with Crippen molar-refractivity contribution in [3.05, 3.63) is 29.3 Å². The largest absolute Gasteiger partial charge is 0.339 e. The molecular weight excluding hydrogens is 400 g/mol. The second-order valence-electron chi connectivity index (χ2n) is 8.60. The number of aryl methyl sites for hydroxylation is 2. The lowest BCUT2D eigenvalue weighted by atomic mass is 10.0. The predicted octanol–water partition coefficient (Wildman–Crippen LogP) is 1.60. The van der Waals surface area contributed by atoms with E-state index < -0.39 is 10.0 Å². The molecule has 7 nitrogen and oxygen atoms in total. The third-order valence-corrected chi connectivity index (χ3v) is 8.32. The van der Waals surface area contributed by atoms with Gasteiger partial charge in [0.05, 0.1) is 11.4 Å². The second kappa shape index (κ2) is 10.2. The van der Waals surface area contributed by atoms with Crippen molar-refractivity contribution in [2.75, 3.05) is 52.4 Å². The van der Waals surface area contributed by atoms with E-state index in [1.807, 2.05) is 19.9 Å². The van der Waals surface area contributed by atoms with E-state index in [2.05, 4.69) is 17.1 Å². The van der Waals surface area contributed by atoms with Crippen LogP contribution in [0, 0.1) is 13.8 Å². The number of nitrogens with zero attached hydrogens (tertiary/aromatic N) is 3. The highest BCUT2D eigenvalue weighted by atomic mass is 32.2.